The molecular weight excluding hydrogens is 388 g/mol. The van der Waals surface area contributed by atoms with E-state index < -0.39 is 0 Å². The highest BCUT2D eigenvalue weighted by atomic mass is 16.5. The predicted octanol–water partition coefficient (Wildman–Crippen LogP) is 6.60. The standard InChI is InChI=1S/C27H36O4/c1-4-30-25(28)16-12-7-5-6-8-13-17-26(29)31-24-20-18-23(19-21-24)27(2,3)22-14-10-9-11-15-22/h9-11,14-15,18-21H,4-8,12-13,16-17H2,1-3H3. The molecule has 0 amide bonds. The first-order valence-corrected chi connectivity index (χ1v) is 11.5. The van der Waals surface area contributed by atoms with E-state index in [1.54, 1.807) is 0 Å². The van der Waals surface area contributed by atoms with Crippen molar-refractivity contribution in [3.8, 4) is 5.75 Å². The summed E-state index contributed by atoms with van der Waals surface area (Å²) in [6.07, 6.45) is 6.80. The lowest BCUT2D eigenvalue weighted by Crippen LogP contribution is -2.18. The van der Waals surface area contributed by atoms with Crippen molar-refractivity contribution in [3.63, 3.8) is 0 Å². The predicted molar refractivity (Wildman–Crippen MR) is 124 cm³/mol. The zero-order chi connectivity index (χ0) is 22.5. The number of unbranched alkanes of at least 4 members (excludes halogenated alkanes) is 5. The fourth-order valence-electron chi connectivity index (χ4n) is 3.62. The molecule has 0 bridgehead atoms. The van der Waals surface area contributed by atoms with E-state index in [2.05, 4.69) is 38.1 Å². The van der Waals surface area contributed by atoms with Gasteiger partial charge >= 0.3 is 11.9 Å². The third-order valence-corrected chi connectivity index (χ3v) is 5.62. The molecule has 0 aliphatic heterocycles. The topological polar surface area (TPSA) is 52.6 Å². The summed E-state index contributed by atoms with van der Waals surface area (Å²) < 4.78 is 10.4. The van der Waals surface area contributed by atoms with Crippen LogP contribution >= 0.6 is 0 Å². The lowest BCUT2D eigenvalue weighted by atomic mass is 9.78. The van der Waals surface area contributed by atoms with Crippen LogP contribution in [0, 0.1) is 0 Å². The molecule has 31 heavy (non-hydrogen) atoms. The number of ether oxygens (including phenoxy) is 2. The minimum absolute atomic E-state index is 0.109. The number of carbonyl (C=O) groups excluding carboxylic acids is 2. The van der Waals surface area contributed by atoms with Gasteiger partial charge in [-0.05, 0) is 43.0 Å². The lowest BCUT2D eigenvalue weighted by molar-refractivity contribution is -0.143. The SMILES string of the molecule is CCOC(=O)CCCCCCCCC(=O)Oc1ccc(C(C)(C)c2ccccc2)cc1. The molecule has 4 nitrogen and oxygen atoms in total. The van der Waals surface area contributed by atoms with Crippen LogP contribution < -0.4 is 4.74 Å². The second-order valence-electron chi connectivity index (χ2n) is 8.42. The summed E-state index contributed by atoms with van der Waals surface area (Å²) in [4.78, 5) is 23.4. The van der Waals surface area contributed by atoms with Crippen molar-refractivity contribution >= 4 is 11.9 Å². The lowest BCUT2D eigenvalue weighted by Gasteiger charge is -2.26. The Morgan fingerprint density at radius 1 is 0.710 bits per heavy atom. The molecule has 0 saturated heterocycles. The molecule has 0 aliphatic rings. The van der Waals surface area contributed by atoms with E-state index in [1.165, 1.54) is 11.1 Å². The number of hydrogen-bond donors (Lipinski definition) is 0. The summed E-state index contributed by atoms with van der Waals surface area (Å²) in [5.74, 6) is 0.302. The third kappa shape index (κ3) is 8.56. The maximum atomic E-state index is 12.1. The van der Waals surface area contributed by atoms with Gasteiger partial charge < -0.3 is 9.47 Å². The zero-order valence-corrected chi connectivity index (χ0v) is 19.2. The van der Waals surface area contributed by atoms with Crippen molar-refractivity contribution in [2.45, 2.75) is 77.6 Å². The Kier molecular flexibility index (Phi) is 10.3. The van der Waals surface area contributed by atoms with Crippen LogP contribution in [0.3, 0.4) is 0 Å². The average molecular weight is 425 g/mol. The molecule has 0 aromatic heterocycles. The summed E-state index contributed by atoms with van der Waals surface area (Å²) in [5.41, 5.74) is 2.32. The van der Waals surface area contributed by atoms with Crippen LogP contribution in [-0.2, 0) is 19.7 Å². The molecule has 0 spiro atoms. The molecule has 2 aromatic rings. The first-order chi connectivity index (χ1) is 14.9. The van der Waals surface area contributed by atoms with Gasteiger partial charge in [0.25, 0.3) is 0 Å². The van der Waals surface area contributed by atoms with Gasteiger partial charge in [-0.2, -0.15) is 0 Å². The van der Waals surface area contributed by atoms with Gasteiger partial charge in [0.15, 0.2) is 0 Å². The second kappa shape index (κ2) is 12.9. The molecule has 0 aliphatic carbocycles. The Balaban J connectivity index is 1.65. The van der Waals surface area contributed by atoms with Crippen LogP contribution in [0.1, 0.15) is 83.3 Å². The highest BCUT2D eigenvalue weighted by Crippen LogP contribution is 2.32. The highest BCUT2D eigenvalue weighted by Gasteiger charge is 2.22. The van der Waals surface area contributed by atoms with Crippen molar-refractivity contribution in [2.75, 3.05) is 6.61 Å². The minimum atomic E-state index is -0.183. The fraction of sp³-hybridized carbons (Fsp3) is 0.481. The van der Waals surface area contributed by atoms with Crippen LogP contribution in [0.25, 0.3) is 0 Å². The minimum Gasteiger partial charge on any atom is -0.466 e. The second-order valence-corrected chi connectivity index (χ2v) is 8.42. The van der Waals surface area contributed by atoms with Gasteiger partial charge in [-0.15, -0.1) is 0 Å². The Labute approximate surface area is 187 Å². The first-order valence-electron chi connectivity index (χ1n) is 11.5. The number of hydrogen-bond acceptors (Lipinski definition) is 4. The number of benzene rings is 2. The van der Waals surface area contributed by atoms with Gasteiger partial charge in [0.05, 0.1) is 6.61 Å². The van der Waals surface area contributed by atoms with E-state index in [1.807, 2.05) is 37.3 Å². The van der Waals surface area contributed by atoms with Crippen LogP contribution in [0.5, 0.6) is 5.75 Å². The maximum Gasteiger partial charge on any atom is 0.311 e. The molecular formula is C27H36O4. The van der Waals surface area contributed by atoms with Crippen molar-refractivity contribution in [3.05, 3.63) is 65.7 Å². The number of carbonyl (C=O) groups is 2. The molecule has 0 heterocycles. The van der Waals surface area contributed by atoms with Crippen LogP contribution in [-0.4, -0.2) is 18.5 Å². The Bertz CT molecular complexity index is 794. The summed E-state index contributed by atoms with van der Waals surface area (Å²) in [6.45, 7) is 6.66. The molecule has 0 N–H and O–H groups in total. The van der Waals surface area contributed by atoms with Crippen LogP contribution in [0.4, 0.5) is 0 Å². The van der Waals surface area contributed by atoms with Gasteiger partial charge in [0, 0.05) is 18.3 Å². The molecule has 4 heteroatoms. The van der Waals surface area contributed by atoms with Gasteiger partial charge in [-0.3, -0.25) is 9.59 Å². The quantitative estimate of drug-likeness (QED) is 0.206. The van der Waals surface area contributed by atoms with Gasteiger partial charge in [0.1, 0.15) is 5.75 Å². The van der Waals surface area contributed by atoms with E-state index in [0.29, 0.717) is 25.2 Å². The Morgan fingerprint density at radius 2 is 1.23 bits per heavy atom. The Morgan fingerprint density at radius 3 is 1.81 bits per heavy atom. The number of rotatable bonds is 13. The van der Waals surface area contributed by atoms with Gasteiger partial charge in [-0.25, -0.2) is 0 Å². The maximum absolute atomic E-state index is 12.1. The van der Waals surface area contributed by atoms with Crippen LogP contribution in [0.2, 0.25) is 0 Å². The summed E-state index contributed by atoms with van der Waals surface area (Å²) in [7, 11) is 0. The van der Waals surface area contributed by atoms with Crippen molar-refractivity contribution < 1.29 is 19.1 Å². The van der Waals surface area contributed by atoms with Crippen molar-refractivity contribution in [2.24, 2.45) is 0 Å². The molecule has 0 unspecified atom stereocenters. The average Bonchev–Trinajstić information content (AvgIpc) is 2.77. The molecule has 168 valence electrons. The highest BCUT2D eigenvalue weighted by molar-refractivity contribution is 5.72. The summed E-state index contributed by atoms with van der Waals surface area (Å²) >= 11 is 0. The molecule has 0 fully saturated rings. The van der Waals surface area contributed by atoms with Gasteiger partial charge in [0.2, 0.25) is 0 Å². The van der Waals surface area contributed by atoms with Gasteiger partial charge in [-0.1, -0.05) is 82.0 Å². The van der Waals surface area contributed by atoms with E-state index in [9.17, 15) is 9.59 Å². The number of esters is 2. The zero-order valence-electron chi connectivity index (χ0n) is 19.2. The first kappa shape index (κ1) is 24.6. The summed E-state index contributed by atoms with van der Waals surface area (Å²) in [6, 6.07) is 18.2. The monoisotopic (exact) mass is 424 g/mol. The van der Waals surface area contributed by atoms with E-state index in [-0.39, 0.29) is 17.4 Å². The third-order valence-electron chi connectivity index (χ3n) is 5.62. The molecule has 2 rings (SSSR count). The molecule has 2 aromatic carbocycles. The normalized spacial score (nSPS) is 11.2. The Hall–Kier alpha value is -2.62. The van der Waals surface area contributed by atoms with Crippen molar-refractivity contribution in [1.29, 1.82) is 0 Å². The largest absolute Gasteiger partial charge is 0.466 e. The van der Waals surface area contributed by atoms with E-state index in [0.717, 1.165) is 38.5 Å². The molecule has 0 radical (unpaired) electrons. The van der Waals surface area contributed by atoms with E-state index >= 15 is 0 Å². The fourth-order valence-corrected chi connectivity index (χ4v) is 3.62. The van der Waals surface area contributed by atoms with Crippen molar-refractivity contribution in [1.82, 2.24) is 0 Å². The molecule has 0 atom stereocenters. The smallest absolute Gasteiger partial charge is 0.311 e. The van der Waals surface area contributed by atoms with E-state index in [4.69, 9.17) is 9.47 Å². The summed E-state index contributed by atoms with van der Waals surface area (Å²) in [5, 5.41) is 0. The van der Waals surface area contributed by atoms with Crippen LogP contribution in [0.15, 0.2) is 54.6 Å². The molecule has 0 saturated carbocycles.